The van der Waals surface area contributed by atoms with Crippen LogP contribution in [-0.4, -0.2) is 19.9 Å². The van der Waals surface area contributed by atoms with E-state index < -0.39 is 0 Å². The molecule has 0 amide bonds. The Kier molecular flexibility index (Phi) is 3.01. The number of rotatable bonds is 3. The SMILES string of the molecule is Cc1cc(C)cc(Cn2ncnc2CO)c1. The normalized spacial score (nSPS) is 10.7. The van der Waals surface area contributed by atoms with Crippen LogP contribution in [0.5, 0.6) is 0 Å². The van der Waals surface area contributed by atoms with Gasteiger partial charge in [0.2, 0.25) is 0 Å². The Balaban J connectivity index is 2.26. The lowest BCUT2D eigenvalue weighted by atomic mass is 10.1. The predicted octanol–water partition coefficient (Wildman–Crippen LogP) is 1.44. The number of aliphatic hydroxyl groups is 1. The highest BCUT2D eigenvalue weighted by Gasteiger charge is 2.04. The largest absolute Gasteiger partial charge is 0.388 e. The second kappa shape index (κ2) is 4.45. The summed E-state index contributed by atoms with van der Waals surface area (Å²) in [5.41, 5.74) is 3.65. The molecule has 0 bridgehead atoms. The van der Waals surface area contributed by atoms with Gasteiger partial charge in [0.25, 0.3) is 0 Å². The minimum Gasteiger partial charge on any atom is -0.388 e. The number of aromatic nitrogens is 3. The summed E-state index contributed by atoms with van der Waals surface area (Å²) < 4.78 is 1.72. The molecule has 0 atom stereocenters. The molecule has 0 spiro atoms. The molecule has 16 heavy (non-hydrogen) atoms. The average molecular weight is 217 g/mol. The highest BCUT2D eigenvalue weighted by atomic mass is 16.3. The average Bonchev–Trinajstić information content (AvgIpc) is 2.63. The van der Waals surface area contributed by atoms with Gasteiger partial charge in [-0.05, 0) is 19.4 Å². The van der Waals surface area contributed by atoms with Crippen molar-refractivity contribution in [2.45, 2.75) is 27.0 Å². The summed E-state index contributed by atoms with van der Waals surface area (Å²) in [6, 6.07) is 6.38. The molecule has 0 aliphatic heterocycles. The van der Waals surface area contributed by atoms with Crippen molar-refractivity contribution in [1.82, 2.24) is 14.8 Å². The molecule has 1 aromatic heterocycles. The number of aliphatic hydroxyl groups excluding tert-OH is 1. The van der Waals surface area contributed by atoms with Gasteiger partial charge in [-0.3, -0.25) is 0 Å². The molecule has 4 heteroatoms. The van der Waals surface area contributed by atoms with Crippen LogP contribution in [0.4, 0.5) is 0 Å². The Morgan fingerprint density at radius 1 is 1.19 bits per heavy atom. The Bertz CT molecular complexity index is 471. The van der Waals surface area contributed by atoms with E-state index in [-0.39, 0.29) is 6.61 Å². The topological polar surface area (TPSA) is 50.9 Å². The number of benzene rings is 1. The zero-order valence-electron chi connectivity index (χ0n) is 9.51. The van der Waals surface area contributed by atoms with E-state index in [4.69, 9.17) is 5.11 Å². The number of hydrogen-bond donors (Lipinski definition) is 1. The summed E-state index contributed by atoms with van der Waals surface area (Å²) in [6.07, 6.45) is 1.47. The van der Waals surface area contributed by atoms with Crippen LogP contribution in [0.1, 0.15) is 22.5 Å². The molecule has 4 nitrogen and oxygen atoms in total. The predicted molar refractivity (Wildman–Crippen MR) is 61.0 cm³/mol. The highest BCUT2D eigenvalue weighted by molar-refractivity contribution is 5.28. The van der Waals surface area contributed by atoms with E-state index in [1.165, 1.54) is 23.0 Å². The van der Waals surface area contributed by atoms with Gasteiger partial charge in [-0.25, -0.2) is 9.67 Å². The molecule has 1 heterocycles. The fraction of sp³-hybridized carbons (Fsp3) is 0.333. The summed E-state index contributed by atoms with van der Waals surface area (Å²) in [4.78, 5) is 3.98. The van der Waals surface area contributed by atoms with E-state index in [9.17, 15) is 0 Å². The summed E-state index contributed by atoms with van der Waals surface area (Å²) in [6.45, 7) is 4.72. The maximum atomic E-state index is 9.07. The fourth-order valence-electron chi connectivity index (χ4n) is 1.88. The molecule has 0 saturated heterocycles. The maximum Gasteiger partial charge on any atom is 0.152 e. The van der Waals surface area contributed by atoms with Gasteiger partial charge >= 0.3 is 0 Å². The van der Waals surface area contributed by atoms with Gasteiger partial charge in [-0.15, -0.1) is 0 Å². The molecule has 1 aromatic carbocycles. The van der Waals surface area contributed by atoms with Crippen molar-refractivity contribution in [3.05, 3.63) is 47.0 Å². The van der Waals surface area contributed by atoms with Crippen molar-refractivity contribution < 1.29 is 5.11 Å². The lowest BCUT2D eigenvalue weighted by Crippen LogP contribution is -2.07. The second-order valence-corrected chi connectivity index (χ2v) is 3.99. The van der Waals surface area contributed by atoms with Gasteiger partial charge in [0.05, 0.1) is 6.54 Å². The van der Waals surface area contributed by atoms with E-state index in [1.54, 1.807) is 4.68 Å². The zero-order chi connectivity index (χ0) is 11.5. The van der Waals surface area contributed by atoms with E-state index in [1.807, 2.05) is 0 Å². The summed E-state index contributed by atoms with van der Waals surface area (Å²) in [5, 5.41) is 13.2. The molecule has 2 rings (SSSR count). The van der Waals surface area contributed by atoms with Crippen molar-refractivity contribution >= 4 is 0 Å². The van der Waals surface area contributed by atoms with Crippen molar-refractivity contribution in [2.75, 3.05) is 0 Å². The molecule has 0 aliphatic carbocycles. The summed E-state index contributed by atoms with van der Waals surface area (Å²) in [7, 11) is 0. The fourth-order valence-corrected chi connectivity index (χ4v) is 1.88. The molecule has 0 radical (unpaired) electrons. The Morgan fingerprint density at radius 2 is 1.88 bits per heavy atom. The molecule has 84 valence electrons. The summed E-state index contributed by atoms with van der Waals surface area (Å²) >= 11 is 0. The van der Waals surface area contributed by atoms with Crippen molar-refractivity contribution in [1.29, 1.82) is 0 Å². The highest BCUT2D eigenvalue weighted by Crippen LogP contribution is 2.10. The van der Waals surface area contributed by atoms with E-state index >= 15 is 0 Å². The van der Waals surface area contributed by atoms with E-state index in [2.05, 4.69) is 42.1 Å². The number of hydrogen-bond acceptors (Lipinski definition) is 3. The molecule has 0 saturated carbocycles. The first-order chi connectivity index (χ1) is 7.69. The van der Waals surface area contributed by atoms with Gasteiger partial charge in [0.1, 0.15) is 12.9 Å². The molecular formula is C12H15N3O. The van der Waals surface area contributed by atoms with Crippen molar-refractivity contribution in [2.24, 2.45) is 0 Å². The molecule has 1 N–H and O–H groups in total. The maximum absolute atomic E-state index is 9.07. The van der Waals surface area contributed by atoms with Gasteiger partial charge in [-0.2, -0.15) is 5.10 Å². The van der Waals surface area contributed by atoms with Gasteiger partial charge in [-0.1, -0.05) is 29.3 Å². The van der Waals surface area contributed by atoms with E-state index in [0.717, 1.165) is 0 Å². The monoisotopic (exact) mass is 217 g/mol. The third kappa shape index (κ3) is 2.28. The Labute approximate surface area is 94.6 Å². The lowest BCUT2D eigenvalue weighted by Gasteiger charge is -2.06. The zero-order valence-corrected chi connectivity index (χ0v) is 9.51. The van der Waals surface area contributed by atoms with Crippen LogP contribution < -0.4 is 0 Å². The third-order valence-corrected chi connectivity index (χ3v) is 2.45. The Morgan fingerprint density at radius 3 is 2.50 bits per heavy atom. The number of aryl methyl sites for hydroxylation is 2. The summed E-state index contributed by atoms with van der Waals surface area (Å²) in [5.74, 6) is 0.596. The number of nitrogens with zero attached hydrogens (tertiary/aromatic N) is 3. The molecule has 0 unspecified atom stereocenters. The molecule has 2 aromatic rings. The first-order valence-corrected chi connectivity index (χ1v) is 5.24. The molecule has 0 aliphatic rings. The molecular weight excluding hydrogens is 202 g/mol. The van der Waals surface area contributed by atoms with Crippen LogP contribution in [0, 0.1) is 13.8 Å². The minimum atomic E-state index is -0.0786. The van der Waals surface area contributed by atoms with Crippen LogP contribution in [0.25, 0.3) is 0 Å². The molecule has 0 fully saturated rings. The van der Waals surface area contributed by atoms with Gasteiger partial charge < -0.3 is 5.11 Å². The second-order valence-electron chi connectivity index (χ2n) is 3.99. The van der Waals surface area contributed by atoms with Gasteiger partial charge in [0.15, 0.2) is 5.82 Å². The Hall–Kier alpha value is -1.68. The minimum absolute atomic E-state index is 0.0786. The van der Waals surface area contributed by atoms with E-state index in [0.29, 0.717) is 12.4 Å². The standard InChI is InChI=1S/C12H15N3O/c1-9-3-10(2)5-11(4-9)6-15-12(7-16)13-8-14-15/h3-5,8,16H,6-7H2,1-2H3. The first kappa shape index (κ1) is 10.8. The van der Waals surface area contributed by atoms with Gasteiger partial charge in [0, 0.05) is 0 Å². The lowest BCUT2D eigenvalue weighted by molar-refractivity contribution is 0.264. The van der Waals surface area contributed by atoms with Crippen molar-refractivity contribution in [3.8, 4) is 0 Å². The smallest absolute Gasteiger partial charge is 0.152 e. The van der Waals surface area contributed by atoms with Crippen LogP contribution in [0.3, 0.4) is 0 Å². The quantitative estimate of drug-likeness (QED) is 0.846. The van der Waals surface area contributed by atoms with Crippen LogP contribution >= 0.6 is 0 Å². The van der Waals surface area contributed by atoms with Crippen LogP contribution in [0.15, 0.2) is 24.5 Å². The first-order valence-electron chi connectivity index (χ1n) is 5.24. The van der Waals surface area contributed by atoms with Crippen molar-refractivity contribution in [3.63, 3.8) is 0 Å². The third-order valence-electron chi connectivity index (χ3n) is 2.45. The van der Waals surface area contributed by atoms with Crippen LogP contribution in [-0.2, 0) is 13.2 Å². The van der Waals surface area contributed by atoms with Crippen LogP contribution in [0.2, 0.25) is 0 Å².